The highest BCUT2D eigenvalue weighted by Crippen LogP contribution is 2.42. The molecule has 19 heavy (non-hydrogen) atoms. The Balaban J connectivity index is 1.89. The predicted octanol–water partition coefficient (Wildman–Crippen LogP) is 2.11. The lowest BCUT2D eigenvalue weighted by molar-refractivity contribution is -0.118. The Labute approximate surface area is 113 Å². The minimum Gasteiger partial charge on any atom is -0.399 e. The molecule has 0 aliphatic carbocycles. The van der Waals surface area contributed by atoms with Crippen molar-refractivity contribution in [1.82, 2.24) is 0 Å². The number of hydrogen-bond acceptors (Lipinski definition) is 3. The highest BCUT2D eigenvalue weighted by atomic mass is 16.5. The summed E-state index contributed by atoms with van der Waals surface area (Å²) in [7, 11) is 0. The summed E-state index contributed by atoms with van der Waals surface area (Å²) in [4.78, 5) is 14.3. The van der Waals surface area contributed by atoms with Crippen molar-refractivity contribution < 1.29 is 9.53 Å². The maximum atomic E-state index is 12.4. The van der Waals surface area contributed by atoms with Crippen molar-refractivity contribution in [3.8, 4) is 0 Å². The van der Waals surface area contributed by atoms with E-state index < -0.39 is 0 Å². The molecule has 2 N–H and O–H groups in total. The van der Waals surface area contributed by atoms with Crippen molar-refractivity contribution in [2.24, 2.45) is 5.41 Å². The largest absolute Gasteiger partial charge is 0.399 e. The van der Waals surface area contributed by atoms with E-state index in [9.17, 15) is 4.79 Å². The highest BCUT2D eigenvalue weighted by molar-refractivity contribution is 5.97. The molecule has 2 saturated heterocycles. The average Bonchev–Trinajstić information content (AvgIpc) is 2.70. The molecule has 0 unspecified atom stereocenters. The van der Waals surface area contributed by atoms with E-state index in [-0.39, 0.29) is 11.3 Å². The van der Waals surface area contributed by atoms with Crippen LogP contribution in [0.2, 0.25) is 0 Å². The molecule has 0 bridgehead atoms. The second-order valence-corrected chi connectivity index (χ2v) is 5.81. The summed E-state index contributed by atoms with van der Waals surface area (Å²) in [5, 5.41) is 0. The molecule has 0 saturated carbocycles. The van der Waals surface area contributed by atoms with Crippen molar-refractivity contribution >= 4 is 17.3 Å². The topological polar surface area (TPSA) is 55.6 Å². The zero-order valence-corrected chi connectivity index (χ0v) is 11.3. The number of nitrogen functional groups attached to an aromatic ring is 1. The minimum atomic E-state index is 0.117. The molecule has 1 spiro atoms. The van der Waals surface area contributed by atoms with E-state index in [1.54, 1.807) is 0 Å². The van der Waals surface area contributed by atoms with Crippen LogP contribution in [-0.2, 0) is 9.53 Å². The van der Waals surface area contributed by atoms with E-state index in [0.717, 1.165) is 43.9 Å². The summed E-state index contributed by atoms with van der Waals surface area (Å²) < 4.78 is 5.43. The molecular weight excluding hydrogens is 240 g/mol. The normalized spacial score (nSPS) is 22.2. The standard InChI is InChI=1S/C15H20N2O2/c1-11-2-3-12(16)8-13(11)17-10-15(9-14(17)18)4-6-19-7-5-15/h2-3,8H,4-7,9-10,16H2,1H3. The summed E-state index contributed by atoms with van der Waals surface area (Å²) in [5.41, 5.74) is 8.75. The van der Waals surface area contributed by atoms with E-state index >= 15 is 0 Å². The fourth-order valence-corrected chi connectivity index (χ4v) is 3.17. The smallest absolute Gasteiger partial charge is 0.227 e. The van der Waals surface area contributed by atoms with Gasteiger partial charge < -0.3 is 15.4 Å². The van der Waals surface area contributed by atoms with Crippen LogP contribution in [-0.4, -0.2) is 25.7 Å². The molecule has 102 valence electrons. The van der Waals surface area contributed by atoms with Gasteiger partial charge in [-0.05, 0) is 37.5 Å². The van der Waals surface area contributed by atoms with Gasteiger partial charge in [0.15, 0.2) is 0 Å². The van der Waals surface area contributed by atoms with Crippen molar-refractivity contribution in [3.63, 3.8) is 0 Å². The van der Waals surface area contributed by atoms with E-state index in [1.165, 1.54) is 0 Å². The van der Waals surface area contributed by atoms with Gasteiger partial charge in [0.1, 0.15) is 0 Å². The van der Waals surface area contributed by atoms with Gasteiger partial charge in [-0.2, -0.15) is 0 Å². The van der Waals surface area contributed by atoms with Crippen LogP contribution in [0.3, 0.4) is 0 Å². The number of amides is 1. The van der Waals surface area contributed by atoms with Crippen LogP contribution < -0.4 is 10.6 Å². The van der Waals surface area contributed by atoms with Crippen molar-refractivity contribution in [1.29, 1.82) is 0 Å². The van der Waals surface area contributed by atoms with Crippen LogP contribution in [0.5, 0.6) is 0 Å². The molecule has 1 aromatic carbocycles. The first-order valence-corrected chi connectivity index (χ1v) is 6.84. The minimum absolute atomic E-state index is 0.117. The molecule has 2 fully saturated rings. The van der Waals surface area contributed by atoms with Crippen molar-refractivity contribution in [2.45, 2.75) is 26.2 Å². The van der Waals surface area contributed by atoms with Crippen molar-refractivity contribution in [3.05, 3.63) is 23.8 Å². The third kappa shape index (κ3) is 2.21. The molecule has 2 heterocycles. The number of nitrogens with two attached hydrogens (primary N) is 1. The van der Waals surface area contributed by atoms with E-state index in [2.05, 4.69) is 0 Å². The Morgan fingerprint density at radius 3 is 2.79 bits per heavy atom. The second-order valence-electron chi connectivity index (χ2n) is 5.81. The molecule has 3 rings (SSSR count). The van der Waals surface area contributed by atoms with Crippen LogP contribution in [0.25, 0.3) is 0 Å². The summed E-state index contributed by atoms with van der Waals surface area (Å²) in [6, 6.07) is 5.77. The van der Waals surface area contributed by atoms with Gasteiger partial charge in [0.2, 0.25) is 5.91 Å². The Bertz CT molecular complexity index is 507. The molecule has 1 aromatic rings. The van der Waals surface area contributed by atoms with Gasteiger partial charge in [-0.3, -0.25) is 4.79 Å². The lowest BCUT2D eigenvalue weighted by atomic mass is 9.79. The van der Waals surface area contributed by atoms with Gasteiger partial charge in [0, 0.05) is 43.0 Å². The fraction of sp³-hybridized carbons (Fsp3) is 0.533. The quantitative estimate of drug-likeness (QED) is 0.787. The molecular formula is C15H20N2O2. The van der Waals surface area contributed by atoms with Crippen molar-refractivity contribution in [2.75, 3.05) is 30.4 Å². The number of aryl methyl sites for hydroxylation is 1. The summed E-state index contributed by atoms with van der Waals surface area (Å²) in [5.74, 6) is 0.218. The molecule has 2 aliphatic heterocycles. The number of hydrogen-bond donors (Lipinski definition) is 1. The zero-order valence-electron chi connectivity index (χ0n) is 11.3. The molecule has 1 amide bonds. The number of carbonyl (C=O) groups is 1. The Morgan fingerprint density at radius 2 is 2.05 bits per heavy atom. The third-order valence-electron chi connectivity index (χ3n) is 4.40. The summed E-state index contributed by atoms with van der Waals surface area (Å²) in [6.45, 7) is 4.38. The summed E-state index contributed by atoms with van der Waals surface area (Å²) >= 11 is 0. The number of nitrogens with zero attached hydrogens (tertiary/aromatic N) is 1. The van der Waals surface area contributed by atoms with Crippen LogP contribution >= 0.6 is 0 Å². The molecule has 2 aliphatic rings. The Morgan fingerprint density at radius 1 is 1.32 bits per heavy atom. The van der Waals surface area contributed by atoms with Gasteiger partial charge in [-0.15, -0.1) is 0 Å². The first kappa shape index (κ1) is 12.5. The average molecular weight is 260 g/mol. The third-order valence-corrected chi connectivity index (χ3v) is 4.40. The SMILES string of the molecule is Cc1ccc(N)cc1N1CC2(CCOCC2)CC1=O. The zero-order chi connectivity index (χ0) is 13.5. The summed E-state index contributed by atoms with van der Waals surface area (Å²) in [6.07, 6.45) is 2.61. The number of anilines is 2. The van der Waals surface area contributed by atoms with Gasteiger partial charge in [0.25, 0.3) is 0 Å². The number of carbonyl (C=O) groups excluding carboxylic acids is 1. The van der Waals surface area contributed by atoms with Gasteiger partial charge in [0.05, 0.1) is 0 Å². The van der Waals surface area contributed by atoms with Crippen LogP contribution in [0.4, 0.5) is 11.4 Å². The Kier molecular flexibility index (Phi) is 2.97. The number of benzene rings is 1. The predicted molar refractivity (Wildman–Crippen MR) is 75.0 cm³/mol. The second kappa shape index (κ2) is 4.53. The first-order chi connectivity index (χ1) is 9.10. The lowest BCUT2D eigenvalue weighted by Crippen LogP contribution is -2.33. The van der Waals surface area contributed by atoms with Crippen LogP contribution in [0, 0.1) is 12.3 Å². The molecule has 4 heteroatoms. The molecule has 0 aromatic heterocycles. The van der Waals surface area contributed by atoms with E-state index in [4.69, 9.17) is 10.5 Å². The molecule has 0 radical (unpaired) electrons. The van der Waals surface area contributed by atoms with E-state index in [0.29, 0.717) is 12.1 Å². The maximum Gasteiger partial charge on any atom is 0.227 e. The number of ether oxygens (including phenoxy) is 1. The Hall–Kier alpha value is -1.55. The van der Waals surface area contributed by atoms with Gasteiger partial charge in [-0.1, -0.05) is 6.07 Å². The van der Waals surface area contributed by atoms with Crippen LogP contribution in [0.1, 0.15) is 24.8 Å². The highest BCUT2D eigenvalue weighted by Gasteiger charge is 2.44. The van der Waals surface area contributed by atoms with Gasteiger partial charge >= 0.3 is 0 Å². The molecule has 0 atom stereocenters. The number of rotatable bonds is 1. The lowest BCUT2D eigenvalue weighted by Gasteiger charge is -2.32. The fourth-order valence-electron chi connectivity index (χ4n) is 3.17. The van der Waals surface area contributed by atoms with Gasteiger partial charge in [-0.25, -0.2) is 0 Å². The first-order valence-electron chi connectivity index (χ1n) is 6.84. The monoisotopic (exact) mass is 260 g/mol. The molecule has 4 nitrogen and oxygen atoms in total. The maximum absolute atomic E-state index is 12.4. The van der Waals surface area contributed by atoms with E-state index in [1.807, 2.05) is 30.0 Å². The van der Waals surface area contributed by atoms with Crippen LogP contribution in [0.15, 0.2) is 18.2 Å².